The highest BCUT2D eigenvalue weighted by Gasteiger charge is 2.20. The van der Waals surface area contributed by atoms with Gasteiger partial charge in [-0.25, -0.2) is 13.4 Å². The van der Waals surface area contributed by atoms with Crippen LogP contribution in [-0.4, -0.2) is 24.6 Å². The maximum absolute atomic E-state index is 11.8. The summed E-state index contributed by atoms with van der Waals surface area (Å²) in [6.45, 7) is 0. The maximum Gasteiger partial charge on any atom is 0.210 e. The molecule has 0 atom stereocenters. The van der Waals surface area contributed by atoms with E-state index in [9.17, 15) is 8.42 Å². The van der Waals surface area contributed by atoms with Gasteiger partial charge in [-0.05, 0) is 17.7 Å². The summed E-state index contributed by atoms with van der Waals surface area (Å²) in [5, 5.41) is 0. The van der Waals surface area contributed by atoms with E-state index in [2.05, 4.69) is 9.97 Å². The summed E-state index contributed by atoms with van der Waals surface area (Å²) >= 11 is 1.19. The Labute approximate surface area is 127 Å². The Bertz CT molecular complexity index is 800. The van der Waals surface area contributed by atoms with Gasteiger partial charge in [-0.2, -0.15) is 0 Å². The van der Waals surface area contributed by atoms with E-state index >= 15 is 0 Å². The van der Waals surface area contributed by atoms with E-state index in [1.54, 1.807) is 12.4 Å². The van der Waals surface area contributed by atoms with Crippen LogP contribution >= 0.6 is 11.3 Å². The minimum absolute atomic E-state index is 0.125. The molecular weight excluding hydrogens is 304 g/mol. The predicted octanol–water partition coefficient (Wildman–Crippen LogP) is 3.28. The lowest BCUT2D eigenvalue weighted by molar-refractivity contribution is 0.601. The van der Waals surface area contributed by atoms with Crippen molar-refractivity contribution < 1.29 is 8.42 Å². The van der Waals surface area contributed by atoms with E-state index in [0.717, 1.165) is 16.0 Å². The topological polar surface area (TPSA) is 59.9 Å². The quantitative estimate of drug-likeness (QED) is 0.744. The molecule has 6 heteroatoms. The fraction of sp³-hybridized carbons (Fsp3) is 0.0667. The molecule has 3 rings (SSSR count). The molecule has 0 aliphatic carbocycles. The molecule has 2 aromatic heterocycles. The van der Waals surface area contributed by atoms with Crippen molar-refractivity contribution >= 4 is 21.2 Å². The number of thiazole rings is 1. The third-order valence-electron chi connectivity index (χ3n) is 2.90. The van der Waals surface area contributed by atoms with E-state index in [-0.39, 0.29) is 4.34 Å². The van der Waals surface area contributed by atoms with Crippen LogP contribution in [0.2, 0.25) is 0 Å². The van der Waals surface area contributed by atoms with E-state index < -0.39 is 9.84 Å². The summed E-state index contributed by atoms with van der Waals surface area (Å²) in [6, 6.07) is 13.3. The Morgan fingerprint density at radius 3 is 2.33 bits per heavy atom. The molecule has 0 bridgehead atoms. The number of benzene rings is 1. The number of hydrogen-bond acceptors (Lipinski definition) is 5. The van der Waals surface area contributed by atoms with Crippen LogP contribution in [-0.2, 0) is 9.84 Å². The SMILES string of the molecule is CS(=O)(=O)c1nc(-c2cccnc2)c(-c2ccccc2)s1. The van der Waals surface area contributed by atoms with E-state index in [1.807, 2.05) is 42.5 Å². The van der Waals surface area contributed by atoms with Crippen LogP contribution in [0.1, 0.15) is 0 Å². The van der Waals surface area contributed by atoms with Crippen molar-refractivity contribution in [1.29, 1.82) is 0 Å². The van der Waals surface area contributed by atoms with Crippen molar-refractivity contribution in [2.45, 2.75) is 4.34 Å². The lowest BCUT2D eigenvalue weighted by Gasteiger charge is -2.01. The molecule has 3 aromatic rings. The molecule has 0 spiro atoms. The van der Waals surface area contributed by atoms with Crippen molar-refractivity contribution in [1.82, 2.24) is 9.97 Å². The Morgan fingerprint density at radius 2 is 1.71 bits per heavy atom. The summed E-state index contributed by atoms with van der Waals surface area (Å²) < 4.78 is 23.7. The first-order valence-electron chi connectivity index (χ1n) is 6.22. The second-order valence-electron chi connectivity index (χ2n) is 4.54. The number of pyridine rings is 1. The Hall–Kier alpha value is -2.05. The van der Waals surface area contributed by atoms with Gasteiger partial charge in [0.25, 0.3) is 0 Å². The Morgan fingerprint density at radius 1 is 1.00 bits per heavy atom. The van der Waals surface area contributed by atoms with E-state index in [4.69, 9.17) is 0 Å². The molecule has 0 saturated carbocycles. The summed E-state index contributed by atoms with van der Waals surface area (Å²) in [5.74, 6) is 0. The fourth-order valence-electron chi connectivity index (χ4n) is 1.94. The predicted molar refractivity (Wildman–Crippen MR) is 83.9 cm³/mol. The fourth-order valence-corrected chi connectivity index (χ4v) is 3.88. The van der Waals surface area contributed by atoms with Crippen molar-refractivity contribution in [2.75, 3.05) is 6.26 Å². The van der Waals surface area contributed by atoms with Crippen LogP contribution in [0, 0.1) is 0 Å². The smallest absolute Gasteiger partial charge is 0.210 e. The van der Waals surface area contributed by atoms with Crippen molar-refractivity contribution in [3.05, 3.63) is 54.9 Å². The number of hydrogen-bond donors (Lipinski definition) is 0. The van der Waals surface area contributed by atoms with Crippen LogP contribution in [0.4, 0.5) is 0 Å². The van der Waals surface area contributed by atoms with E-state index in [1.165, 1.54) is 17.6 Å². The molecule has 0 amide bonds. The lowest BCUT2D eigenvalue weighted by Crippen LogP contribution is -1.95. The Balaban J connectivity index is 2.25. The third kappa shape index (κ3) is 2.86. The molecule has 0 saturated heterocycles. The van der Waals surface area contributed by atoms with Gasteiger partial charge in [-0.1, -0.05) is 30.3 Å². The number of aromatic nitrogens is 2. The van der Waals surface area contributed by atoms with Crippen molar-refractivity contribution in [2.24, 2.45) is 0 Å². The zero-order valence-corrected chi connectivity index (χ0v) is 12.9. The highest BCUT2D eigenvalue weighted by molar-refractivity contribution is 7.92. The first kappa shape index (κ1) is 13.9. The van der Waals surface area contributed by atoms with Crippen LogP contribution in [0.5, 0.6) is 0 Å². The molecule has 4 nitrogen and oxygen atoms in total. The molecule has 21 heavy (non-hydrogen) atoms. The second kappa shape index (κ2) is 5.38. The average Bonchev–Trinajstić information content (AvgIpc) is 2.94. The first-order chi connectivity index (χ1) is 10.1. The minimum atomic E-state index is -3.33. The lowest BCUT2D eigenvalue weighted by atomic mass is 10.1. The van der Waals surface area contributed by atoms with Crippen molar-refractivity contribution in [3.63, 3.8) is 0 Å². The van der Waals surface area contributed by atoms with Crippen LogP contribution in [0.15, 0.2) is 59.2 Å². The van der Waals surface area contributed by atoms with Gasteiger partial charge in [0, 0.05) is 24.2 Å². The molecule has 0 radical (unpaired) electrons. The highest BCUT2D eigenvalue weighted by Crippen LogP contribution is 2.37. The van der Waals surface area contributed by atoms with Gasteiger partial charge < -0.3 is 0 Å². The second-order valence-corrected chi connectivity index (χ2v) is 7.73. The molecule has 0 aliphatic heterocycles. The minimum Gasteiger partial charge on any atom is -0.264 e. The van der Waals surface area contributed by atoms with Crippen LogP contribution < -0.4 is 0 Å². The summed E-state index contributed by atoms with van der Waals surface area (Å²) in [4.78, 5) is 9.24. The largest absolute Gasteiger partial charge is 0.264 e. The van der Waals surface area contributed by atoms with Gasteiger partial charge >= 0.3 is 0 Å². The van der Waals surface area contributed by atoms with Gasteiger partial charge in [0.2, 0.25) is 14.2 Å². The number of rotatable bonds is 3. The van der Waals surface area contributed by atoms with Gasteiger partial charge in [0.1, 0.15) is 0 Å². The summed E-state index contributed by atoms with van der Waals surface area (Å²) in [6.07, 6.45) is 4.54. The zero-order valence-electron chi connectivity index (χ0n) is 11.2. The normalized spacial score (nSPS) is 11.5. The Kier molecular flexibility index (Phi) is 3.57. The van der Waals surface area contributed by atoms with Crippen LogP contribution in [0.3, 0.4) is 0 Å². The molecule has 0 N–H and O–H groups in total. The summed E-state index contributed by atoms with van der Waals surface area (Å²) in [7, 11) is -3.33. The van der Waals surface area contributed by atoms with Gasteiger partial charge in [0.05, 0.1) is 10.6 Å². The average molecular weight is 316 g/mol. The highest BCUT2D eigenvalue weighted by atomic mass is 32.2. The van der Waals surface area contributed by atoms with Crippen molar-refractivity contribution in [3.8, 4) is 21.7 Å². The first-order valence-corrected chi connectivity index (χ1v) is 8.93. The van der Waals surface area contributed by atoms with E-state index in [0.29, 0.717) is 5.69 Å². The molecule has 0 aliphatic rings. The monoisotopic (exact) mass is 316 g/mol. The van der Waals surface area contributed by atoms with Crippen LogP contribution in [0.25, 0.3) is 21.7 Å². The third-order valence-corrected chi connectivity index (χ3v) is 5.68. The molecule has 2 heterocycles. The molecule has 0 fully saturated rings. The molecule has 106 valence electrons. The molecule has 0 unspecified atom stereocenters. The zero-order chi connectivity index (χ0) is 14.9. The van der Waals surface area contributed by atoms with Gasteiger partial charge in [-0.3, -0.25) is 4.98 Å². The summed E-state index contributed by atoms with van der Waals surface area (Å²) in [5.41, 5.74) is 2.41. The molecule has 1 aromatic carbocycles. The number of nitrogens with zero attached hydrogens (tertiary/aromatic N) is 2. The standard InChI is InChI=1S/C15H12N2O2S2/c1-21(18,19)15-17-13(12-8-5-9-16-10-12)14(20-15)11-6-3-2-4-7-11/h2-10H,1H3. The number of sulfone groups is 1. The molecular formula is C15H12N2O2S2. The maximum atomic E-state index is 11.8. The van der Waals surface area contributed by atoms with Gasteiger partial charge in [-0.15, -0.1) is 11.3 Å². The van der Waals surface area contributed by atoms with Gasteiger partial charge in [0.15, 0.2) is 0 Å².